The first-order chi connectivity index (χ1) is 12.8. The zero-order chi connectivity index (χ0) is 19.9. The summed E-state index contributed by atoms with van der Waals surface area (Å²) >= 11 is 0. The lowest BCUT2D eigenvalue weighted by molar-refractivity contribution is -0.139. The van der Waals surface area contributed by atoms with E-state index in [1.807, 2.05) is 6.07 Å². The molecular formula is C20H21F3N2O2. The molecule has 0 spiro atoms. The highest BCUT2D eigenvalue weighted by molar-refractivity contribution is 5.94. The Morgan fingerprint density at radius 3 is 2.30 bits per heavy atom. The predicted octanol–water partition coefficient (Wildman–Crippen LogP) is 3.87. The summed E-state index contributed by atoms with van der Waals surface area (Å²) in [5.74, 6) is -0.503. The first-order valence-electron chi connectivity index (χ1n) is 8.51. The van der Waals surface area contributed by atoms with Crippen LogP contribution in [0.15, 0.2) is 54.6 Å². The predicted molar refractivity (Wildman–Crippen MR) is 95.9 cm³/mol. The molecule has 0 atom stereocenters. The standard InChI is InChI=1S/C20H21F3N2O2/c1-25(14-16-10-5-6-11-17(16)20(21,22)23)18(26)12-7-13-24-19(27)15-8-3-2-4-9-15/h2-6,8-11H,7,12-14H2,1H3,(H,24,27). The van der Waals surface area contributed by atoms with Gasteiger partial charge in [0.1, 0.15) is 0 Å². The van der Waals surface area contributed by atoms with Crippen molar-refractivity contribution in [1.29, 1.82) is 0 Å². The minimum Gasteiger partial charge on any atom is -0.352 e. The number of alkyl halides is 3. The monoisotopic (exact) mass is 378 g/mol. The number of carbonyl (C=O) groups is 2. The van der Waals surface area contributed by atoms with Crippen molar-refractivity contribution in [3.63, 3.8) is 0 Å². The van der Waals surface area contributed by atoms with Crippen LogP contribution in [0.4, 0.5) is 13.2 Å². The van der Waals surface area contributed by atoms with Gasteiger partial charge in [0.15, 0.2) is 0 Å². The van der Waals surface area contributed by atoms with Crippen molar-refractivity contribution in [2.24, 2.45) is 0 Å². The number of amides is 2. The van der Waals surface area contributed by atoms with Crippen LogP contribution in [-0.4, -0.2) is 30.3 Å². The number of benzene rings is 2. The fourth-order valence-corrected chi connectivity index (χ4v) is 2.60. The van der Waals surface area contributed by atoms with Crippen LogP contribution in [0.3, 0.4) is 0 Å². The van der Waals surface area contributed by atoms with E-state index < -0.39 is 11.7 Å². The first-order valence-corrected chi connectivity index (χ1v) is 8.51. The lowest BCUT2D eigenvalue weighted by Crippen LogP contribution is -2.29. The Morgan fingerprint density at radius 1 is 1.00 bits per heavy atom. The topological polar surface area (TPSA) is 49.4 Å². The van der Waals surface area contributed by atoms with Gasteiger partial charge in [-0.25, -0.2) is 0 Å². The first kappa shape index (κ1) is 20.5. The second kappa shape index (κ2) is 9.21. The van der Waals surface area contributed by atoms with Crippen LogP contribution in [0, 0.1) is 0 Å². The van der Waals surface area contributed by atoms with Gasteiger partial charge in [-0.15, -0.1) is 0 Å². The minimum absolute atomic E-state index is 0.0539. The summed E-state index contributed by atoms with van der Waals surface area (Å²) in [4.78, 5) is 25.3. The van der Waals surface area contributed by atoms with Crippen molar-refractivity contribution in [2.75, 3.05) is 13.6 Å². The van der Waals surface area contributed by atoms with Crippen LogP contribution < -0.4 is 5.32 Å². The zero-order valence-electron chi connectivity index (χ0n) is 14.9. The van der Waals surface area contributed by atoms with Crippen molar-refractivity contribution in [3.8, 4) is 0 Å². The molecule has 2 aromatic carbocycles. The maximum atomic E-state index is 13.0. The molecule has 2 aromatic rings. The molecule has 27 heavy (non-hydrogen) atoms. The molecule has 0 saturated heterocycles. The van der Waals surface area contributed by atoms with E-state index in [4.69, 9.17) is 0 Å². The number of nitrogens with zero attached hydrogens (tertiary/aromatic N) is 1. The van der Waals surface area contributed by atoms with Gasteiger partial charge in [-0.1, -0.05) is 36.4 Å². The van der Waals surface area contributed by atoms with E-state index in [1.54, 1.807) is 24.3 Å². The summed E-state index contributed by atoms with van der Waals surface area (Å²) in [6, 6.07) is 13.9. The van der Waals surface area contributed by atoms with Crippen molar-refractivity contribution < 1.29 is 22.8 Å². The fourth-order valence-electron chi connectivity index (χ4n) is 2.60. The third-order valence-corrected chi connectivity index (χ3v) is 4.04. The van der Waals surface area contributed by atoms with Crippen molar-refractivity contribution in [2.45, 2.75) is 25.6 Å². The van der Waals surface area contributed by atoms with Crippen LogP contribution >= 0.6 is 0 Å². The van der Waals surface area contributed by atoms with E-state index in [0.29, 0.717) is 18.5 Å². The Hall–Kier alpha value is -2.83. The summed E-state index contributed by atoms with van der Waals surface area (Å²) in [5, 5.41) is 2.71. The number of hydrogen-bond donors (Lipinski definition) is 1. The molecule has 1 N–H and O–H groups in total. The van der Waals surface area contributed by atoms with E-state index >= 15 is 0 Å². The Morgan fingerprint density at radius 2 is 1.63 bits per heavy atom. The molecule has 0 fully saturated rings. The van der Waals surface area contributed by atoms with Gasteiger partial charge in [0.05, 0.1) is 5.56 Å². The molecule has 0 radical (unpaired) electrons. The van der Waals surface area contributed by atoms with Gasteiger partial charge in [0.25, 0.3) is 5.91 Å². The average molecular weight is 378 g/mol. The van der Waals surface area contributed by atoms with Crippen LogP contribution in [0.25, 0.3) is 0 Å². The molecule has 0 aliphatic heterocycles. The maximum Gasteiger partial charge on any atom is 0.416 e. The molecule has 0 bridgehead atoms. The van der Waals surface area contributed by atoms with Gasteiger partial charge in [-0.3, -0.25) is 9.59 Å². The smallest absolute Gasteiger partial charge is 0.352 e. The van der Waals surface area contributed by atoms with Gasteiger partial charge < -0.3 is 10.2 Å². The minimum atomic E-state index is -4.46. The Kier molecular flexibility index (Phi) is 6.98. The Bertz CT molecular complexity index is 776. The molecular weight excluding hydrogens is 357 g/mol. The molecule has 0 aliphatic carbocycles. The average Bonchev–Trinajstić information content (AvgIpc) is 2.65. The van der Waals surface area contributed by atoms with E-state index in [9.17, 15) is 22.8 Å². The molecule has 2 rings (SSSR count). The highest BCUT2D eigenvalue weighted by Gasteiger charge is 2.33. The molecule has 0 unspecified atom stereocenters. The lowest BCUT2D eigenvalue weighted by Gasteiger charge is -2.20. The largest absolute Gasteiger partial charge is 0.416 e. The Balaban J connectivity index is 1.80. The highest BCUT2D eigenvalue weighted by Crippen LogP contribution is 2.32. The molecule has 2 amide bonds. The Labute approximate surface area is 156 Å². The van der Waals surface area contributed by atoms with Crippen molar-refractivity contribution >= 4 is 11.8 Å². The number of rotatable bonds is 7. The normalized spacial score (nSPS) is 11.1. The van der Waals surface area contributed by atoms with E-state index in [-0.39, 0.29) is 30.3 Å². The quantitative estimate of drug-likeness (QED) is 0.744. The van der Waals surface area contributed by atoms with Crippen molar-refractivity contribution in [1.82, 2.24) is 10.2 Å². The molecule has 7 heteroatoms. The highest BCUT2D eigenvalue weighted by atomic mass is 19.4. The third kappa shape index (κ3) is 6.13. The summed E-state index contributed by atoms with van der Waals surface area (Å²) < 4.78 is 39.1. The van der Waals surface area contributed by atoms with Gasteiger partial charge >= 0.3 is 6.18 Å². The number of halogens is 3. The van der Waals surface area contributed by atoms with Gasteiger partial charge in [0, 0.05) is 32.1 Å². The molecule has 0 saturated carbocycles. The summed E-state index contributed by atoms with van der Waals surface area (Å²) in [7, 11) is 1.47. The third-order valence-electron chi connectivity index (χ3n) is 4.04. The van der Waals surface area contributed by atoms with E-state index in [1.165, 1.54) is 30.1 Å². The fraction of sp³-hybridized carbons (Fsp3) is 0.300. The lowest BCUT2D eigenvalue weighted by atomic mass is 10.1. The second-order valence-corrected chi connectivity index (χ2v) is 6.13. The molecule has 4 nitrogen and oxygen atoms in total. The summed E-state index contributed by atoms with van der Waals surface area (Å²) in [5.41, 5.74) is -0.150. The number of carbonyl (C=O) groups excluding carboxylic acids is 2. The zero-order valence-corrected chi connectivity index (χ0v) is 14.9. The van der Waals surface area contributed by atoms with Gasteiger partial charge in [-0.2, -0.15) is 13.2 Å². The van der Waals surface area contributed by atoms with Crippen LogP contribution in [0.5, 0.6) is 0 Å². The van der Waals surface area contributed by atoms with E-state index in [0.717, 1.165) is 6.07 Å². The molecule has 0 heterocycles. The van der Waals surface area contributed by atoms with Crippen molar-refractivity contribution in [3.05, 3.63) is 71.3 Å². The van der Waals surface area contributed by atoms with Gasteiger partial charge in [-0.05, 0) is 30.2 Å². The summed E-state index contributed by atoms with van der Waals surface area (Å²) in [6.07, 6.45) is -3.91. The van der Waals surface area contributed by atoms with Crippen LogP contribution in [-0.2, 0) is 17.5 Å². The molecule has 0 aliphatic rings. The molecule has 144 valence electrons. The number of nitrogens with one attached hydrogen (secondary N) is 1. The summed E-state index contributed by atoms with van der Waals surface area (Å²) in [6.45, 7) is 0.192. The van der Waals surface area contributed by atoms with Gasteiger partial charge in [0.2, 0.25) is 5.91 Å². The van der Waals surface area contributed by atoms with E-state index in [2.05, 4.69) is 5.32 Å². The molecule has 0 aromatic heterocycles. The SMILES string of the molecule is CN(Cc1ccccc1C(F)(F)F)C(=O)CCCNC(=O)c1ccccc1. The number of hydrogen-bond acceptors (Lipinski definition) is 2. The van der Waals surface area contributed by atoms with Crippen LogP contribution in [0.2, 0.25) is 0 Å². The van der Waals surface area contributed by atoms with Crippen LogP contribution in [0.1, 0.15) is 34.3 Å². The second-order valence-electron chi connectivity index (χ2n) is 6.13. The maximum absolute atomic E-state index is 13.0.